The normalized spacial score (nSPS) is 19.6. The molecule has 3 heterocycles. The Kier molecular flexibility index (Phi) is 4.33. The SMILES string of the molecule is COC(=O)C1CN(Cc2cc(-c3cccs3)on2)CCO1. The fourth-order valence-corrected chi connectivity index (χ4v) is 2.94. The summed E-state index contributed by atoms with van der Waals surface area (Å²) in [5.41, 5.74) is 0.851. The zero-order chi connectivity index (χ0) is 14.7. The van der Waals surface area contributed by atoms with Crippen LogP contribution >= 0.6 is 11.3 Å². The molecule has 0 amide bonds. The van der Waals surface area contributed by atoms with Crippen molar-refractivity contribution in [1.82, 2.24) is 10.1 Å². The van der Waals surface area contributed by atoms with E-state index < -0.39 is 6.10 Å². The molecule has 0 aromatic carbocycles. The molecule has 2 aromatic heterocycles. The Morgan fingerprint density at radius 3 is 3.29 bits per heavy atom. The molecule has 7 heteroatoms. The number of methoxy groups -OCH3 is 1. The fourth-order valence-electron chi connectivity index (χ4n) is 2.27. The molecule has 1 unspecified atom stereocenters. The van der Waals surface area contributed by atoms with Crippen molar-refractivity contribution in [1.29, 1.82) is 0 Å². The third-order valence-electron chi connectivity index (χ3n) is 3.32. The lowest BCUT2D eigenvalue weighted by atomic mass is 10.2. The Bertz CT molecular complexity index is 596. The zero-order valence-corrected chi connectivity index (χ0v) is 12.5. The van der Waals surface area contributed by atoms with E-state index in [1.54, 1.807) is 11.3 Å². The van der Waals surface area contributed by atoms with Crippen LogP contribution < -0.4 is 0 Å². The molecule has 0 N–H and O–H groups in total. The van der Waals surface area contributed by atoms with Gasteiger partial charge in [-0.1, -0.05) is 11.2 Å². The minimum atomic E-state index is -0.521. The second kappa shape index (κ2) is 6.38. The minimum absolute atomic E-state index is 0.334. The molecule has 0 saturated carbocycles. The average molecular weight is 308 g/mol. The van der Waals surface area contributed by atoms with Crippen molar-refractivity contribution in [3.63, 3.8) is 0 Å². The number of hydrogen-bond donors (Lipinski definition) is 0. The van der Waals surface area contributed by atoms with Gasteiger partial charge in [-0.25, -0.2) is 4.79 Å². The van der Waals surface area contributed by atoms with Crippen molar-refractivity contribution in [2.75, 3.05) is 26.8 Å². The molecule has 6 nitrogen and oxygen atoms in total. The topological polar surface area (TPSA) is 64.8 Å². The van der Waals surface area contributed by atoms with Gasteiger partial charge < -0.3 is 14.0 Å². The molecule has 1 fully saturated rings. The average Bonchev–Trinajstić information content (AvgIpc) is 3.17. The molecule has 0 aliphatic carbocycles. The molecule has 2 aromatic rings. The molecule has 112 valence electrons. The number of carbonyl (C=O) groups excluding carboxylic acids is 1. The number of aromatic nitrogens is 1. The predicted molar refractivity (Wildman–Crippen MR) is 76.8 cm³/mol. The highest BCUT2D eigenvalue weighted by Gasteiger charge is 2.27. The third-order valence-corrected chi connectivity index (χ3v) is 4.21. The highest BCUT2D eigenvalue weighted by molar-refractivity contribution is 7.13. The molecule has 1 aliphatic heterocycles. The van der Waals surface area contributed by atoms with Crippen LogP contribution in [-0.4, -0.2) is 48.9 Å². The second-order valence-electron chi connectivity index (χ2n) is 4.78. The smallest absolute Gasteiger partial charge is 0.336 e. The van der Waals surface area contributed by atoms with Crippen LogP contribution in [0, 0.1) is 0 Å². The Hall–Kier alpha value is -1.70. The van der Waals surface area contributed by atoms with Crippen molar-refractivity contribution in [2.45, 2.75) is 12.6 Å². The third kappa shape index (κ3) is 3.31. The van der Waals surface area contributed by atoms with Gasteiger partial charge in [-0.3, -0.25) is 4.90 Å². The maximum Gasteiger partial charge on any atom is 0.336 e. The van der Waals surface area contributed by atoms with Crippen molar-refractivity contribution in [3.8, 4) is 10.6 Å². The molecular formula is C14H16N2O4S. The van der Waals surface area contributed by atoms with E-state index in [1.807, 2.05) is 23.6 Å². The molecule has 0 spiro atoms. The van der Waals surface area contributed by atoms with E-state index in [1.165, 1.54) is 7.11 Å². The second-order valence-corrected chi connectivity index (χ2v) is 5.73. The highest BCUT2D eigenvalue weighted by atomic mass is 32.1. The summed E-state index contributed by atoms with van der Waals surface area (Å²) in [5, 5.41) is 6.09. The van der Waals surface area contributed by atoms with Gasteiger partial charge >= 0.3 is 5.97 Å². The monoisotopic (exact) mass is 308 g/mol. The number of morpholine rings is 1. The van der Waals surface area contributed by atoms with E-state index in [0.717, 1.165) is 22.9 Å². The van der Waals surface area contributed by atoms with Gasteiger partial charge in [0.05, 0.1) is 24.3 Å². The van der Waals surface area contributed by atoms with Crippen molar-refractivity contribution in [3.05, 3.63) is 29.3 Å². The maximum atomic E-state index is 11.5. The van der Waals surface area contributed by atoms with E-state index >= 15 is 0 Å². The first-order valence-electron chi connectivity index (χ1n) is 6.67. The van der Waals surface area contributed by atoms with Crippen LogP contribution in [0.25, 0.3) is 10.6 Å². The number of thiophene rings is 1. The zero-order valence-electron chi connectivity index (χ0n) is 11.7. The summed E-state index contributed by atoms with van der Waals surface area (Å²) in [7, 11) is 1.37. The first-order valence-corrected chi connectivity index (χ1v) is 7.55. The molecular weight excluding hydrogens is 292 g/mol. The molecule has 3 rings (SSSR count). The van der Waals surface area contributed by atoms with Crippen LogP contribution in [0.2, 0.25) is 0 Å². The van der Waals surface area contributed by atoms with Crippen LogP contribution in [0.1, 0.15) is 5.69 Å². The lowest BCUT2D eigenvalue weighted by Gasteiger charge is -2.30. The first-order chi connectivity index (χ1) is 10.3. The van der Waals surface area contributed by atoms with Crippen molar-refractivity contribution >= 4 is 17.3 Å². The number of hydrogen-bond acceptors (Lipinski definition) is 7. The minimum Gasteiger partial charge on any atom is -0.467 e. The summed E-state index contributed by atoms with van der Waals surface area (Å²) in [5.74, 6) is 0.442. The number of rotatable bonds is 4. The maximum absolute atomic E-state index is 11.5. The van der Waals surface area contributed by atoms with Crippen LogP contribution in [0.5, 0.6) is 0 Å². The molecule has 0 radical (unpaired) electrons. The number of nitrogens with zero attached hydrogens (tertiary/aromatic N) is 2. The number of ether oxygens (including phenoxy) is 2. The van der Waals surface area contributed by atoms with Crippen LogP contribution in [-0.2, 0) is 20.8 Å². The summed E-state index contributed by atoms with van der Waals surface area (Å²) in [4.78, 5) is 14.7. The quantitative estimate of drug-likeness (QED) is 0.802. The first kappa shape index (κ1) is 14.2. The fraction of sp³-hybridized carbons (Fsp3) is 0.429. The molecule has 1 aliphatic rings. The highest BCUT2D eigenvalue weighted by Crippen LogP contribution is 2.25. The van der Waals surface area contributed by atoms with Gasteiger partial charge in [-0.05, 0) is 11.4 Å². The van der Waals surface area contributed by atoms with Gasteiger partial charge in [-0.2, -0.15) is 0 Å². The van der Waals surface area contributed by atoms with E-state index in [2.05, 4.69) is 10.1 Å². The summed E-state index contributed by atoms with van der Waals surface area (Å²) in [6, 6.07) is 5.91. The summed E-state index contributed by atoms with van der Waals surface area (Å²) in [6.45, 7) is 2.41. The standard InChI is InChI=1S/C14H16N2O4S/c1-18-14(17)12-9-16(4-5-19-12)8-10-7-11(20-15-10)13-3-2-6-21-13/h2-3,6-7,12H,4-5,8-9H2,1H3. The molecule has 21 heavy (non-hydrogen) atoms. The van der Waals surface area contributed by atoms with Gasteiger partial charge in [0.15, 0.2) is 11.9 Å². The van der Waals surface area contributed by atoms with Gasteiger partial charge in [0.1, 0.15) is 0 Å². The van der Waals surface area contributed by atoms with Gasteiger partial charge in [0.25, 0.3) is 0 Å². The van der Waals surface area contributed by atoms with E-state index in [9.17, 15) is 4.79 Å². The largest absolute Gasteiger partial charge is 0.467 e. The molecule has 1 atom stereocenters. The Labute approximate surface area is 126 Å². The predicted octanol–water partition coefficient (Wildman–Crippen LogP) is 1.78. The van der Waals surface area contributed by atoms with Gasteiger partial charge in [0.2, 0.25) is 0 Å². The van der Waals surface area contributed by atoms with E-state index in [4.69, 9.17) is 14.0 Å². The van der Waals surface area contributed by atoms with Crippen LogP contribution in [0.4, 0.5) is 0 Å². The molecule has 0 bridgehead atoms. The summed E-state index contributed by atoms with van der Waals surface area (Å²) < 4.78 is 15.5. The van der Waals surface area contributed by atoms with Crippen LogP contribution in [0.15, 0.2) is 28.1 Å². The number of carbonyl (C=O) groups is 1. The van der Waals surface area contributed by atoms with Crippen LogP contribution in [0.3, 0.4) is 0 Å². The van der Waals surface area contributed by atoms with Crippen molar-refractivity contribution in [2.24, 2.45) is 0 Å². The van der Waals surface area contributed by atoms with Crippen molar-refractivity contribution < 1.29 is 18.8 Å². The lowest BCUT2D eigenvalue weighted by Crippen LogP contribution is -2.46. The Morgan fingerprint density at radius 2 is 2.52 bits per heavy atom. The molecule has 1 saturated heterocycles. The Morgan fingerprint density at radius 1 is 1.62 bits per heavy atom. The summed E-state index contributed by atoms with van der Waals surface area (Å²) in [6.07, 6.45) is -0.521. The number of esters is 1. The van der Waals surface area contributed by atoms with E-state index in [-0.39, 0.29) is 5.97 Å². The van der Waals surface area contributed by atoms with E-state index in [0.29, 0.717) is 19.7 Å². The van der Waals surface area contributed by atoms with Gasteiger partial charge in [-0.15, -0.1) is 11.3 Å². The lowest BCUT2D eigenvalue weighted by molar-refractivity contribution is -0.160. The summed E-state index contributed by atoms with van der Waals surface area (Å²) >= 11 is 1.61. The Balaban J connectivity index is 1.62. The van der Waals surface area contributed by atoms with Gasteiger partial charge in [0, 0.05) is 25.7 Å².